The van der Waals surface area contributed by atoms with Crippen molar-refractivity contribution in [2.45, 2.75) is 0 Å². The third kappa shape index (κ3) is 4.08. The van der Waals surface area contributed by atoms with Gasteiger partial charge in [0, 0.05) is 5.30 Å². The number of hydrogen-bond acceptors (Lipinski definition) is 4. The first-order chi connectivity index (χ1) is 8.79. The average Bonchev–Trinajstić information content (AvgIpc) is 2.36. The van der Waals surface area contributed by atoms with Crippen molar-refractivity contribution in [3.8, 4) is 0 Å². The quantitative estimate of drug-likeness (QED) is 0.524. The summed E-state index contributed by atoms with van der Waals surface area (Å²) in [6.07, 6.45) is 0. The molecule has 1 N–H and O–H groups in total. The Kier molecular flexibility index (Phi) is 5.15. The molecule has 7 heteroatoms. The second-order valence-corrected chi connectivity index (χ2v) is 7.71. The molecule has 19 heavy (non-hydrogen) atoms. The van der Waals surface area contributed by atoms with Gasteiger partial charge in [-0.1, -0.05) is 0 Å². The van der Waals surface area contributed by atoms with Gasteiger partial charge in [0.1, 0.15) is 13.0 Å². The van der Waals surface area contributed by atoms with Crippen LogP contribution in [0.15, 0.2) is 18.2 Å². The largest absolute Gasteiger partial charge is 0.465 e. The molecule has 0 aliphatic rings. The van der Waals surface area contributed by atoms with Crippen LogP contribution in [0.1, 0.15) is 10.4 Å². The lowest BCUT2D eigenvalue weighted by molar-refractivity contribution is -0.113. The predicted molar refractivity (Wildman–Crippen MR) is 76.2 cm³/mol. The Morgan fingerprint density at radius 2 is 2.00 bits per heavy atom. The lowest BCUT2D eigenvalue weighted by Gasteiger charge is -2.15. The van der Waals surface area contributed by atoms with Crippen LogP contribution in [0.4, 0.5) is 5.69 Å². The van der Waals surface area contributed by atoms with E-state index in [1.54, 1.807) is 13.3 Å². The first kappa shape index (κ1) is 15.7. The van der Waals surface area contributed by atoms with Crippen molar-refractivity contribution in [3.63, 3.8) is 0 Å². The Labute approximate surface area is 116 Å². The fourth-order valence-electron chi connectivity index (χ4n) is 1.51. The van der Waals surface area contributed by atoms with E-state index in [1.165, 1.54) is 25.3 Å². The Morgan fingerprint density at radius 3 is 2.47 bits per heavy atom. The number of anilines is 1. The molecule has 1 aromatic rings. The minimum atomic E-state index is -2.67. The zero-order valence-corrected chi connectivity index (χ0v) is 12.5. The van der Waals surface area contributed by atoms with Crippen molar-refractivity contribution in [3.05, 3.63) is 23.8 Å². The fourth-order valence-corrected chi connectivity index (χ4v) is 2.74. The zero-order valence-electron chi connectivity index (χ0n) is 10.9. The number of ether oxygens (including phenoxy) is 1. The molecule has 0 bridgehead atoms. The van der Waals surface area contributed by atoms with E-state index >= 15 is 0 Å². The van der Waals surface area contributed by atoms with Crippen LogP contribution in [0.3, 0.4) is 0 Å². The molecule has 5 nitrogen and oxygen atoms in total. The molecule has 104 valence electrons. The predicted octanol–water partition coefficient (Wildman–Crippen LogP) is 1.90. The van der Waals surface area contributed by atoms with Crippen LogP contribution in [-0.2, 0) is 14.1 Å². The molecular weight excluding hydrogens is 289 g/mol. The molecule has 1 aromatic carbocycles. The van der Waals surface area contributed by atoms with Crippen LogP contribution in [0.5, 0.6) is 0 Å². The molecule has 0 saturated carbocycles. The number of methoxy groups -OCH3 is 1. The molecule has 0 aliphatic heterocycles. The maximum absolute atomic E-state index is 12.2. The standard InChI is InChI=1S/C12H15ClNO4P/c1-18-12(16)8-4-5-9(14-11(15)7-13)10(6-8)19(2,3)17/h4-6H,7H2,1-3H3,(H,14,15). The fraction of sp³-hybridized carbons (Fsp3) is 0.333. The van der Waals surface area contributed by atoms with E-state index in [2.05, 4.69) is 10.1 Å². The Hall–Kier alpha value is -1.32. The lowest BCUT2D eigenvalue weighted by atomic mass is 10.2. The number of hydrogen-bond donors (Lipinski definition) is 1. The highest BCUT2D eigenvalue weighted by atomic mass is 35.5. The number of amides is 1. The summed E-state index contributed by atoms with van der Waals surface area (Å²) in [6.45, 7) is 3.11. The van der Waals surface area contributed by atoms with Gasteiger partial charge < -0.3 is 14.6 Å². The number of carbonyl (C=O) groups is 2. The summed E-state index contributed by atoms with van der Waals surface area (Å²) in [5, 5.41) is 2.97. The third-order valence-electron chi connectivity index (χ3n) is 2.39. The summed E-state index contributed by atoms with van der Waals surface area (Å²) in [5.74, 6) is -1.12. The molecular formula is C12H15ClNO4P. The van der Waals surface area contributed by atoms with Gasteiger partial charge in [-0.05, 0) is 31.5 Å². The molecule has 1 rings (SSSR count). The molecule has 0 unspecified atom stereocenters. The smallest absolute Gasteiger partial charge is 0.337 e. The van der Waals surface area contributed by atoms with Gasteiger partial charge in [-0.2, -0.15) is 0 Å². The van der Waals surface area contributed by atoms with Crippen molar-refractivity contribution in [2.75, 3.05) is 31.6 Å². The van der Waals surface area contributed by atoms with Crippen LogP contribution in [-0.4, -0.2) is 38.2 Å². The number of nitrogens with one attached hydrogen (secondary N) is 1. The Bertz CT molecular complexity index is 553. The van der Waals surface area contributed by atoms with E-state index in [4.69, 9.17) is 11.6 Å². The van der Waals surface area contributed by atoms with Crippen molar-refractivity contribution in [2.24, 2.45) is 0 Å². The van der Waals surface area contributed by atoms with E-state index in [0.717, 1.165) is 0 Å². The normalized spacial score (nSPS) is 10.9. The van der Waals surface area contributed by atoms with Gasteiger partial charge in [-0.3, -0.25) is 4.79 Å². The van der Waals surface area contributed by atoms with Crippen molar-refractivity contribution >= 4 is 41.6 Å². The number of benzene rings is 1. The van der Waals surface area contributed by atoms with E-state index in [1.807, 2.05) is 0 Å². The van der Waals surface area contributed by atoms with Gasteiger partial charge in [0.05, 0.1) is 18.4 Å². The summed E-state index contributed by atoms with van der Waals surface area (Å²) in [5.41, 5.74) is 0.678. The van der Waals surface area contributed by atoms with Gasteiger partial charge in [0.15, 0.2) is 0 Å². The summed E-state index contributed by atoms with van der Waals surface area (Å²) in [4.78, 5) is 22.8. The van der Waals surface area contributed by atoms with E-state index in [0.29, 0.717) is 11.0 Å². The van der Waals surface area contributed by atoms with Gasteiger partial charge in [-0.25, -0.2) is 4.79 Å². The zero-order chi connectivity index (χ0) is 14.6. The summed E-state index contributed by atoms with van der Waals surface area (Å²) in [6, 6.07) is 4.48. The molecule has 0 aliphatic carbocycles. The van der Waals surface area contributed by atoms with Crippen LogP contribution in [0, 0.1) is 0 Å². The van der Waals surface area contributed by atoms with Crippen LogP contribution in [0.25, 0.3) is 0 Å². The average molecular weight is 304 g/mol. The lowest BCUT2D eigenvalue weighted by Crippen LogP contribution is -2.20. The van der Waals surface area contributed by atoms with E-state index < -0.39 is 19.0 Å². The van der Waals surface area contributed by atoms with Gasteiger partial charge in [0.25, 0.3) is 0 Å². The number of carbonyl (C=O) groups excluding carboxylic acids is 2. The molecule has 0 aromatic heterocycles. The van der Waals surface area contributed by atoms with Crippen LogP contribution >= 0.6 is 18.7 Å². The number of halogens is 1. The van der Waals surface area contributed by atoms with Crippen molar-refractivity contribution in [1.29, 1.82) is 0 Å². The molecule has 0 heterocycles. The Morgan fingerprint density at radius 1 is 1.37 bits per heavy atom. The highest BCUT2D eigenvalue weighted by molar-refractivity contribution is 7.70. The monoisotopic (exact) mass is 303 g/mol. The molecule has 0 saturated heterocycles. The van der Waals surface area contributed by atoms with Gasteiger partial charge in [0.2, 0.25) is 5.91 Å². The number of rotatable bonds is 4. The van der Waals surface area contributed by atoms with Crippen molar-refractivity contribution in [1.82, 2.24) is 0 Å². The first-order valence-electron chi connectivity index (χ1n) is 5.43. The molecule has 0 fully saturated rings. The highest BCUT2D eigenvalue weighted by Gasteiger charge is 2.20. The Balaban J connectivity index is 3.29. The van der Waals surface area contributed by atoms with Crippen molar-refractivity contribution < 1.29 is 18.9 Å². The number of alkyl halides is 1. The summed E-state index contributed by atoms with van der Waals surface area (Å²) in [7, 11) is -1.40. The van der Waals surface area contributed by atoms with E-state index in [9.17, 15) is 14.2 Å². The van der Waals surface area contributed by atoms with Crippen LogP contribution < -0.4 is 10.6 Å². The summed E-state index contributed by atoms with van der Waals surface area (Å²) >= 11 is 5.42. The maximum Gasteiger partial charge on any atom is 0.337 e. The van der Waals surface area contributed by atoms with Gasteiger partial charge >= 0.3 is 5.97 Å². The molecule has 0 spiro atoms. The minimum absolute atomic E-state index is 0.198. The second-order valence-electron chi connectivity index (χ2n) is 4.26. The number of esters is 1. The maximum atomic E-state index is 12.2. The molecule has 0 radical (unpaired) electrons. The second kappa shape index (κ2) is 6.22. The van der Waals surface area contributed by atoms with Crippen LogP contribution in [0.2, 0.25) is 0 Å². The highest BCUT2D eigenvalue weighted by Crippen LogP contribution is 2.38. The third-order valence-corrected chi connectivity index (χ3v) is 4.17. The minimum Gasteiger partial charge on any atom is -0.465 e. The SMILES string of the molecule is COC(=O)c1ccc(NC(=O)CCl)c(P(C)(C)=O)c1. The molecule has 1 amide bonds. The first-order valence-corrected chi connectivity index (χ1v) is 8.57. The van der Waals surface area contributed by atoms with Gasteiger partial charge in [-0.15, -0.1) is 11.6 Å². The summed E-state index contributed by atoms with van der Waals surface area (Å²) < 4.78 is 16.8. The topological polar surface area (TPSA) is 72.5 Å². The molecule has 0 atom stereocenters. The van der Waals surface area contributed by atoms with E-state index in [-0.39, 0.29) is 11.4 Å².